The first-order valence-electron chi connectivity index (χ1n) is 5.31. The first kappa shape index (κ1) is 13.4. The fourth-order valence-corrected chi connectivity index (χ4v) is 1.58. The fraction of sp³-hybridized carbons (Fsp3) is 0.900. The van der Waals surface area contributed by atoms with Gasteiger partial charge < -0.3 is 16.8 Å². The van der Waals surface area contributed by atoms with Crippen LogP contribution in [0.2, 0.25) is 0 Å². The maximum atomic E-state index is 10.7. The molecule has 1 amide bonds. The van der Waals surface area contributed by atoms with E-state index in [0.717, 1.165) is 12.8 Å². The number of carbonyl (C=O) groups is 1. The molecule has 4 heteroatoms. The monoisotopic (exact) mass is 201 g/mol. The van der Waals surface area contributed by atoms with Gasteiger partial charge >= 0.3 is 0 Å². The summed E-state index contributed by atoms with van der Waals surface area (Å²) in [7, 11) is 0. The molecule has 0 heterocycles. The van der Waals surface area contributed by atoms with E-state index >= 15 is 0 Å². The number of nitrogens with two attached hydrogens (primary N) is 2. The van der Waals surface area contributed by atoms with Crippen molar-refractivity contribution in [1.82, 2.24) is 5.32 Å². The minimum absolute atomic E-state index is 0.385. The summed E-state index contributed by atoms with van der Waals surface area (Å²) in [6.07, 6.45) is 2.27. The molecule has 0 aliphatic rings. The molecule has 0 spiro atoms. The third kappa shape index (κ3) is 4.58. The quantitative estimate of drug-likeness (QED) is 0.551. The summed E-state index contributed by atoms with van der Waals surface area (Å²) < 4.78 is 0. The van der Waals surface area contributed by atoms with E-state index in [2.05, 4.69) is 26.1 Å². The molecule has 84 valence electrons. The van der Waals surface area contributed by atoms with E-state index in [-0.39, 0.29) is 0 Å². The third-order valence-electron chi connectivity index (χ3n) is 2.78. The van der Waals surface area contributed by atoms with Crippen LogP contribution in [0, 0.1) is 5.92 Å². The van der Waals surface area contributed by atoms with Crippen LogP contribution in [0.25, 0.3) is 0 Å². The zero-order chi connectivity index (χ0) is 11.1. The number of primary amides is 1. The zero-order valence-corrected chi connectivity index (χ0v) is 9.42. The smallest absolute Gasteiger partial charge is 0.235 e. The summed E-state index contributed by atoms with van der Waals surface area (Å²) in [6, 6.07) is -0.192. The molecule has 4 nitrogen and oxygen atoms in total. The van der Waals surface area contributed by atoms with Gasteiger partial charge in [0.1, 0.15) is 0 Å². The fourth-order valence-electron chi connectivity index (χ4n) is 1.58. The molecule has 0 fully saturated rings. The van der Waals surface area contributed by atoms with Gasteiger partial charge in [-0.3, -0.25) is 4.79 Å². The van der Waals surface area contributed by atoms with Crippen LogP contribution < -0.4 is 16.8 Å². The number of hydrogen-bond donors (Lipinski definition) is 3. The lowest BCUT2D eigenvalue weighted by atomic mass is 9.95. The molecule has 2 atom stereocenters. The summed E-state index contributed by atoms with van der Waals surface area (Å²) >= 11 is 0. The van der Waals surface area contributed by atoms with Crippen molar-refractivity contribution in [2.45, 2.75) is 45.7 Å². The van der Waals surface area contributed by atoms with Gasteiger partial charge in [0, 0.05) is 12.6 Å². The first-order valence-corrected chi connectivity index (χ1v) is 5.31. The van der Waals surface area contributed by atoms with Crippen LogP contribution in [-0.2, 0) is 4.79 Å². The Hall–Kier alpha value is -0.610. The van der Waals surface area contributed by atoms with E-state index in [1.807, 2.05) is 0 Å². The van der Waals surface area contributed by atoms with Crippen LogP contribution in [-0.4, -0.2) is 24.5 Å². The van der Waals surface area contributed by atoms with Crippen LogP contribution in [0.4, 0.5) is 0 Å². The van der Waals surface area contributed by atoms with Crippen molar-refractivity contribution < 1.29 is 4.79 Å². The maximum absolute atomic E-state index is 10.7. The Morgan fingerprint density at radius 2 is 1.86 bits per heavy atom. The highest BCUT2D eigenvalue weighted by Crippen LogP contribution is 2.12. The van der Waals surface area contributed by atoms with E-state index in [4.69, 9.17) is 11.5 Å². The average Bonchev–Trinajstić information content (AvgIpc) is 2.15. The molecule has 0 aromatic carbocycles. The number of nitrogens with one attached hydrogen (secondary N) is 1. The summed E-state index contributed by atoms with van der Waals surface area (Å²) in [4.78, 5) is 10.7. The van der Waals surface area contributed by atoms with Gasteiger partial charge in [-0.15, -0.1) is 0 Å². The number of carbonyl (C=O) groups excluding carboxylic acids is 1. The van der Waals surface area contributed by atoms with Crippen LogP contribution in [0.1, 0.15) is 33.6 Å². The van der Waals surface area contributed by atoms with E-state index in [1.165, 1.54) is 0 Å². The molecule has 0 aromatic heterocycles. The Morgan fingerprint density at radius 1 is 1.36 bits per heavy atom. The van der Waals surface area contributed by atoms with Crippen molar-refractivity contribution in [1.29, 1.82) is 0 Å². The van der Waals surface area contributed by atoms with Gasteiger partial charge in [-0.2, -0.15) is 0 Å². The lowest BCUT2D eigenvalue weighted by Crippen LogP contribution is -2.47. The molecule has 0 radical (unpaired) electrons. The highest BCUT2D eigenvalue weighted by molar-refractivity contribution is 5.79. The Kier molecular flexibility index (Phi) is 6.49. The first-order chi connectivity index (χ1) is 6.52. The van der Waals surface area contributed by atoms with Crippen molar-refractivity contribution >= 4 is 5.91 Å². The molecule has 0 rings (SSSR count). The number of hydrogen-bond acceptors (Lipinski definition) is 3. The van der Waals surface area contributed by atoms with E-state index in [9.17, 15) is 4.79 Å². The lowest BCUT2D eigenvalue weighted by Gasteiger charge is -2.23. The van der Waals surface area contributed by atoms with Crippen molar-refractivity contribution in [2.75, 3.05) is 6.54 Å². The van der Waals surface area contributed by atoms with Crippen LogP contribution >= 0.6 is 0 Å². The van der Waals surface area contributed by atoms with Gasteiger partial charge in [0.2, 0.25) is 5.91 Å². The van der Waals surface area contributed by atoms with Gasteiger partial charge in [-0.25, -0.2) is 0 Å². The Morgan fingerprint density at radius 3 is 2.21 bits per heavy atom. The van der Waals surface area contributed by atoms with Gasteiger partial charge in [-0.05, 0) is 12.8 Å². The van der Waals surface area contributed by atoms with Crippen LogP contribution in [0.15, 0.2) is 0 Å². The Balaban J connectivity index is 3.82. The molecule has 5 N–H and O–H groups in total. The second kappa shape index (κ2) is 6.79. The number of rotatable bonds is 7. The van der Waals surface area contributed by atoms with Gasteiger partial charge in [-0.1, -0.05) is 26.7 Å². The third-order valence-corrected chi connectivity index (χ3v) is 2.78. The van der Waals surface area contributed by atoms with E-state index in [1.54, 1.807) is 0 Å². The highest BCUT2D eigenvalue weighted by atomic mass is 16.1. The maximum Gasteiger partial charge on any atom is 0.235 e. The molecular formula is C10H23N3O. The standard InChI is InChI=1S/C10H23N3O/c1-4-8(5-2)7(3)13-6-9(11)10(12)14/h7-9,13H,4-6,11H2,1-3H3,(H2,12,14). The number of amides is 1. The lowest BCUT2D eigenvalue weighted by molar-refractivity contribution is -0.119. The van der Waals surface area contributed by atoms with Gasteiger partial charge in [0.15, 0.2) is 0 Å². The Bertz CT molecular complexity index is 169. The summed E-state index contributed by atoms with van der Waals surface area (Å²) in [5.74, 6) is 0.185. The molecule has 0 aliphatic carbocycles. The molecule has 2 unspecified atom stereocenters. The van der Waals surface area contributed by atoms with Crippen LogP contribution in [0.3, 0.4) is 0 Å². The van der Waals surface area contributed by atoms with Crippen LogP contribution in [0.5, 0.6) is 0 Å². The Labute approximate surface area is 86.4 Å². The zero-order valence-electron chi connectivity index (χ0n) is 9.42. The minimum atomic E-state index is -0.577. The van der Waals surface area contributed by atoms with Gasteiger partial charge in [0.05, 0.1) is 6.04 Å². The predicted molar refractivity (Wildman–Crippen MR) is 58.7 cm³/mol. The molecule has 0 aromatic rings. The van der Waals surface area contributed by atoms with E-state index in [0.29, 0.717) is 18.5 Å². The van der Waals surface area contributed by atoms with Crippen molar-refractivity contribution in [3.63, 3.8) is 0 Å². The molecule has 0 aliphatic heterocycles. The second-order valence-electron chi connectivity index (χ2n) is 3.78. The van der Waals surface area contributed by atoms with Crippen molar-refractivity contribution in [3.05, 3.63) is 0 Å². The second-order valence-corrected chi connectivity index (χ2v) is 3.78. The van der Waals surface area contributed by atoms with E-state index < -0.39 is 11.9 Å². The predicted octanol–water partition coefficient (Wildman–Crippen LogP) is 0.213. The molecule has 0 saturated heterocycles. The normalized spacial score (nSPS) is 15.5. The summed E-state index contributed by atoms with van der Waals surface area (Å²) in [5.41, 5.74) is 10.6. The SMILES string of the molecule is CCC(CC)C(C)NCC(N)C(N)=O. The topological polar surface area (TPSA) is 81.1 Å². The largest absolute Gasteiger partial charge is 0.368 e. The van der Waals surface area contributed by atoms with Crippen molar-refractivity contribution in [3.8, 4) is 0 Å². The summed E-state index contributed by atoms with van der Waals surface area (Å²) in [5, 5.41) is 3.24. The average molecular weight is 201 g/mol. The molecule has 0 bridgehead atoms. The summed E-state index contributed by atoms with van der Waals surface area (Å²) in [6.45, 7) is 6.92. The molecule has 14 heavy (non-hydrogen) atoms. The molecular weight excluding hydrogens is 178 g/mol. The molecule has 0 saturated carbocycles. The van der Waals surface area contributed by atoms with Gasteiger partial charge in [0.25, 0.3) is 0 Å². The van der Waals surface area contributed by atoms with Crippen molar-refractivity contribution in [2.24, 2.45) is 17.4 Å². The highest BCUT2D eigenvalue weighted by Gasteiger charge is 2.15. The minimum Gasteiger partial charge on any atom is -0.368 e.